The van der Waals surface area contributed by atoms with Gasteiger partial charge in [-0.25, -0.2) is 4.79 Å². The first-order chi connectivity index (χ1) is 11.8. The number of rotatable bonds is 5. The van der Waals surface area contributed by atoms with Gasteiger partial charge in [0.1, 0.15) is 11.3 Å². The molecule has 1 aromatic carbocycles. The van der Waals surface area contributed by atoms with Crippen LogP contribution in [-0.2, 0) is 20.4 Å². The third-order valence-corrected chi connectivity index (χ3v) is 4.20. The lowest BCUT2D eigenvalue weighted by Crippen LogP contribution is -2.05. The van der Waals surface area contributed by atoms with Crippen LogP contribution in [0.1, 0.15) is 10.4 Å². The monoisotopic (exact) mass is 393 g/mol. The number of benzene rings is 1. The molecule has 0 bridgehead atoms. The zero-order chi connectivity index (χ0) is 18.6. The molecule has 0 saturated carbocycles. The molecular formula is C15H11ClF3NO4S. The van der Waals surface area contributed by atoms with Gasteiger partial charge in [-0.3, -0.25) is 0 Å². The molecule has 0 spiro atoms. The highest BCUT2D eigenvalue weighted by molar-refractivity contribution is 7.14. The van der Waals surface area contributed by atoms with Crippen LogP contribution in [0.2, 0.25) is 5.15 Å². The summed E-state index contributed by atoms with van der Waals surface area (Å²) in [5.74, 6) is -0.610. The molecule has 1 aromatic heterocycles. The van der Waals surface area contributed by atoms with E-state index in [0.29, 0.717) is 0 Å². The first kappa shape index (κ1) is 19.1. The first-order valence-corrected chi connectivity index (χ1v) is 7.79. The van der Waals surface area contributed by atoms with Crippen molar-refractivity contribution in [1.29, 1.82) is 0 Å². The number of aromatic nitrogens is 1. The first-order valence-electron chi connectivity index (χ1n) is 6.60. The molecule has 134 valence electrons. The van der Waals surface area contributed by atoms with Gasteiger partial charge >= 0.3 is 12.1 Å². The van der Waals surface area contributed by atoms with E-state index in [0.717, 1.165) is 6.26 Å². The molecule has 0 aliphatic carbocycles. The van der Waals surface area contributed by atoms with Gasteiger partial charge in [0.15, 0.2) is 10.0 Å². The lowest BCUT2D eigenvalue weighted by Gasteiger charge is -2.10. The summed E-state index contributed by atoms with van der Waals surface area (Å²) in [5.41, 5.74) is 0.287. The Morgan fingerprint density at radius 3 is 2.52 bits per heavy atom. The van der Waals surface area contributed by atoms with Crippen LogP contribution in [0.3, 0.4) is 0 Å². The van der Waals surface area contributed by atoms with Gasteiger partial charge in [-0.15, -0.1) is 0 Å². The molecule has 2 aromatic rings. The van der Waals surface area contributed by atoms with Crippen molar-refractivity contribution in [2.45, 2.75) is 6.18 Å². The summed E-state index contributed by atoms with van der Waals surface area (Å²) in [4.78, 5) is 14.4. The summed E-state index contributed by atoms with van der Waals surface area (Å²) < 4.78 is 53.3. The van der Waals surface area contributed by atoms with E-state index in [-0.39, 0.29) is 33.4 Å². The summed E-state index contributed by atoms with van der Waals surface area (Å²) in [7, 11) is 2.52. The number of halogens is 4. The van der Waals surface area contributed by atoms with Crippen LogP contribution >= 0.6 is 22.9 Å². The molecule has 1 heterocycles. The van der Waals surface area contributed by atoms with Gasteiger partial charge in [0.05, 0.1) is 20.5 Å². The Morgan fingerprint density at radius 2 is 1.96 bits per heavy atom. The quantitative estimate of drug-likeness (QED) is 0.416. The minimum atomic E-state index is -4.64. The van der Waals surface area contributed by atoms with Gasteiger partial charge in [-0.2, -0.15) is 18.2 Å². The molecule has 0 atom stereocenters. The maximum Gasteiger partial charge on any atom is 0.428 e. The molecule has 0 saturated heterocycles. The fourth-order valence-corrected chi connectivity index (χ4v) is 2.86. The average Bonchev–Trinajstić information content (AvgIpc) is 2.93. The second-order valence-electron chi connectivity index (χ2n) is 4.45. The Labute approximate surface area is 149 Å². The van der Waals surface area contributed by atoms with Gasteiger partial charge in [0.25, 0.3) is 5.19 Å². The van der Waals surface area contributed by atoms with Crippen molar-refractivity contribution in [3.05, 3.63) is 46.1 Å². The molecule has 0 N–H and O–H groups in total. The number of hydrogen-bond donors (Lipinski definition) is 0. The lowest BCUT2D eigenvalue weighted by atomic mass is 10.1. The molecule has 0 aliphatic rings. The number of nitrogens with zero attached hydrogens (tertiary/aromatic N) is 1. The van der Waals surface area contributed by atoms with Gasteiger partial charge < -0.3 is 14.2 Å². The van der Waals surface area contributed by atoms with E-state index in [4.69, 9.17) is 21.1 Å². The fourth-order valence-electron chi connectivity index (χ4n) is 1.82. The highest BCUT2D eigenvalue weighted by Gasteiger charge is 2.37. The van der Waals surface area contributed by atoms with Crippen LogP contribution in [0.5, 0.6) is 10.9 Å². The number of hydrogen-bond acceptors (Lipinski definition) is 6. The van der Waals surface area contributed by atoms with Crippen molar-refractivity contribution < 1.29 is 32.2 Å². The number of thiazole rings is 1. The van der Waals surface area contributed by atoms with Gasteiger partial charge in [0, 0.05) is 5.56 Å². The third kappa shape index (κ3) is 4.43. The summed E-state index contributed by atoms with van der Waals surface area (Å²) >= 11 is 5.77. The van der Waals surface area contributed by atoms with Crippen LogP contribution in [0, 0.1) is 0 Å². The maximum absolute atomic E-state index is 12.8. The Kier molecular flexibility index (Phi) is 5.91. The Hall–Kier alpha value is -2.26. The fraction of sp³-hybridized carbons (Fsp3) is 0.200. The summed E-state index contributed by atoms with van der Waals surface area (Å²) in [6.45, 7) is 0. The molecule has 25 heavy (non-hydrogen) atoms. The van der Waals surface area contributed by atoms with Crippen LogP contribution < -0.4 is 4.74 Å². The van der Waals surface area contributed by atoms with E-state index >= 15 is 0 Å². The summed E-state index contributed by atoms with van der Waals surface area (Å²) in [6, 6.07) is 6.19. The largest absolute Gasteiger partial charge is 0.503 e. The summed E-state index contributed by atoms with van der Waals surface area (Å²) in [6.07, 6.45) is -3.49. The molecule has 0 amide bonds. The Morgan fingerprint density at radius 1 is 1.28 bits per heavy atom. The third-order valence-electron chi connectivity index (χ3n) is 2.84. The molecule has 0 aliphatic heterocycles. The zero-order valence-corrected chi connectivity index (χ0v) is 14.5. The number of carbonyl (C=O) groups excluding carboxylic acids is 1. The van der Waals surface area contributed by atoms with E-state index in [1.165, 1.54) is 26.4 Å². The van der Waals surface area contributed by atoms with Crippen molar-refractivity contribution in [2.75, 3.05) is 14.2 Å². The van der Waals surface area contributed by atoms with Gasteiger partial charge in [0.2, 0.25) is 0 Å². The van der Waals surface area contributed by atoms with Crippen LogP contribution in [0.25, 0.3) is 5.57 Å². The Balaban J connectivity index is 2.42. The zero-order valence-electron chi connectivity index (χ0n) is 12.9. The standard InChI is InChI=1S/C15H11ClF3NO4S/c1-22-7-9(13(21)23-2)8-5-3-4-6-10(8)24-14-20-12(16)11(25-14)15(17,18)19/h3-7H,1-2H3/b9-7+. The number of alkyl halides is 3. The van der Waals surface area contributed by atoms with Gasteiger partial charge in [-0.1, -0.05) is 41.1 Å². The molecule has 0 unspecified atom stereocenters. The number of ether oxygens (including phenoxy) is 3. The topological polar surface area (TPSA) is 57.7 Å². The number of carbonyl (C=O) groups is 1. The van der Waals surface area contributed by atoms with Crippen LogP contribution in [0.4, 0.5) is 13.2 Å². The van der Waals surface area contributed by atoms with E-state index in [2.05, 4.69) is 9.72 Å². The number of esters is 1. The maximum atomic E-state index is 12.8. The van der Waals surface area contributed by atoms with Crippen LogP contribution in [-0.4, -0.2) is 25.2 Å². The van der Waals surface area contributed by atoms with Crippen molar-refractivity contribution in [2.24, 2.45) is 0 Å². The smallest absolute Gasteiger partial charge is 0.428 e. The van der Waals surface area contributed by atoms with E-state index in [1.54, 1.807) is 12.1 Å². The number of para-hydroxylation sites is 1. The Bertz CT molecular complexity index is 804. The second kappa shape index (κ2) is 7.75. The molecular weight excluding hydrogens is 383 g/mol. The SMILES string of the molecule is CO/C=C(/C(=O)OC)c1ccccc1Oc1nc(Cl)c(C(F)(F)F)s1. The molecule has 0 fully saturated rings. The molecule has 0 radical (unpaired) electrons. The van der Waals surface area contributed by atoms with Gasteiger partial charge in [-0.05, 0) is 6.07 Å². The normalized spacial score (nSPS) is 12.0. The van der Waals surface area contributed by atoms with Crippen LogP contribution in [0.15, 0.2) is 30.5 Å². The highest BCUT2D eigenvalue weighted by Crippen LogP contribution is 2.43. The minimum absolute atomic E-state index is 0.0271. The van der Waals surface area contributed by atoms with E-state index in [9.17, 15) is 18.0 Å². The van der Waals surface area contributed by atoms with Crippen molar-refractivity contribution in [3.63, 3.8) is 0 Å². The predicted octanol–water partition coefficient (Wildman–Crippen LogP) is 4.77. The number of methoxy groups -OCH3 is 2. The van der Waals surface area contributed by atoms with E-state index in [1.807, 2.05) is 0 Å². The van der Waals surface area contributed by atoms with Crippen molar-refractivity contribution in [3.8, 4) is 10.9 Å². The summed E-state index contributed by atoms with van der Waals surface area (Å²) in [5, 5.41) is -1.02. The molecule has 5 nitrogen and oxygen atoms in total. The van der Waals surface area contributed by atoms with E-state index < -0.39 is 22.2 Å². The lowest BCUT2D eigenvalue weighted by molar-refractivity contribution is -0.135. The highest BCUT2D eigenvalue weighted by atomic mass is 35.5. The second-order valence-corrected chi connectivity index (χ2v) is 5.77. The van der Waals surface area contributed by atoms with Crippen molar-refractivity contribution in [1.82, 2.24) is 4.98 Å². The minimum Gasteiger partial charge on any atom is -0.503 e. The average molecular weight is 394 g/mol. The predicted molar refractivity (Wildman–Crippen MR) is 85.6 cm³/mol. The molecule has 2 rings (SSSR count). The molecule has 10 heteroatoms. The van der Waals surface area contributed by atoms with Crippen molar-refractivity contribution >= 4 is 34.5 Å².